The van der Waals surface area contributed by atoms with Gasteiger partial charge in [0, 0.05) is 6.61 Å². The first-order chi connectivity index (χ1) is 13.2. The van der Waals surface area contributed by atoms with Gasteiger partial charge in [-0.25, -0.2) is 0 Å². The highest BCUT2D eigenvalue weighted by molar-refractivity contribution is 5.74. The molecule has 6 unspecified atom stereocenters. The van der Waals surface area contributed by atoms with Crippen molar-refractivity contribution < 1.29 is 23.8 Å². The topological polar surface area (TPSA) is 61.8 Å². The van der Waals surface area contributed by atoms with Gasteiger partial charge in [0.25, 0.3) is 0 Å². The summed E-state index contributed by atoms with van der Waals surface area (Å²) in [4.78, 5) is 24.2. The smallest absolute Gasteiger partial charge is 0.309 e. The van der Waals surface area contributed by atoms with Gasteiger partial charge >= 0.3 is 11.9 Å². The van der Waals surface area contributed by atoms with E-state index in [2.05, 4.69) is 24.3 Å². The van der Waals surface area contributed by atoms with E-state index in [1.165, 1.54) is 0 Å². The Kier molecular flexibility index (Phi) is 5.96. The average Bonchev–Trinajstić information content (AvgIpc) is 3.47. The highest BCUT2D eigenvalue weighted by atomic mass is 16.6. The molecule has 148 valence electrons. The second-order valence-electron chi connectivity index (χ2n) is 8.43. The molecule has 27 heavy (non-hydrogen) atoms. The summed E-state index contributed by atoms with van der Waals surface area (Å²) in [6.07, 6.45) is 14.6. The van der Waals surface area contributed by atoms with Crippen molar-refractivity contribution in [2.45, 2.75) is 38.5 Å². The van der Waals surface area contributed by atoms with Crippen LogP contribution in [-0.4, -0.2) is 38.4 Å². The Hall–Kier alpha value is -1.62. The van der Waals surface area contributed by atoms with Gasteiger partial charge in [-0.15, -0.1) is 0 Å². The van der Waals surface area contributed by atoms with Crippen LogP contribution in [0.4, 0.5) is 0 Å². The molecular formula is C22H30O5. The summed E-state index contributed by atoms with van der Waals surface area (Å²) in [5, 5.41) is 0. The Morgan fingerprint density at radius 3 is 1.74 bits per heavy atom. The molecule has 5 nitrogen and oxygen atoms in total. The molecule has 0 heterocycles. The molecule has 4 bridgehead atoms. The number of esters is 2. The van der Waals surface area contributed by atoms with E-state index in [-0.39, 0.29) is 23.8 Å². The molecule has 0 aliphatic heterocycles. The molecule has 4 rings (SSSR count). The SMILES string of the molecule is O=C(OCCCCOCCOC(=O)C1CC2C=CC1C2)C1CC2C=CC1C2. The zero-order valence-corrected chi connectivity index (χ0v) is 15.9. The van der Waals surface area contributed by atoms with Crippen molar-refractivity contribution in [2.75, 3.05) is 26.4 Å². The Balaban J connectivity index is 0.978. The molecule has 2 saturated carbocycles. The third-order valence-electron chi connectivity index (χ3n) is 6.56. The van der Waals surface area contributed by atoms with Gasteiger partial charge in [0.15, 0.2) is 0 Å². The predicted octanol–water partition coefficient (Wildman–Crippen LogP) is 3.29. The fraction of sp³-hybridized carbons (Fsp3) is 0.727. The number of carbonyl (C=O) groups is 2. The van der Waals surface area contributed by atoms with Crippen molar-refractivity contribution >= 4 is 11.9 Å². The fourth-order valence-electron chi connectivity index (χ4n) is 5.10. The van der Waals surface area contributed by atoms with Crippen LogP contribution in [0.25, 0.3) is 0 Å². The van der Waals surface area contributed by atoms with Crippen LogP contribution in [0.1, 0.15) is 38.5 Å². The number of rotatable bonds is 10. The molecule has 0 N–H and O–H groups in total. The van der Waals surface area contributed by atoms with Crippen molar-refractivity contribution in [3.63, 3.8) is 0 Å². The number of hydrogen-bond acceptors (Lipinski definition) is 5. The lowest BCUT2D eigenvalue weighted by molar-refractivity contribution is -0.151. The molecule has 0 aromatic heterocycles. The summed E-state index contributed by atoms with van der Waals surface area (Å²) >= 11 is 0. The molecule has 6 atom stereocenters. The van der Waals surface area contributed by atoms with E-state index in [9.17, 15) is 9.59 Å². The van der Waals surface area contributed by atoms with Gasteiger partial charge in [0.1, 0.15) is 6.61 Å². The summed E-state index contributed by atoms with van der Waals surface area (Å²) in [5.41, 5.74) is 0. The van der Waals surface area contributed by atoms with Crippen LogP contribution in [0.3, 0.4) is 0 Å². The Bertz CT molecular complexity index is 558. The lowest BCUT2D eigenvalue weighted by Gasteiger charge is -2.17. The maximum Gasteiger partial charge on any atom is 0.309 e. The minimum Gasteiger partial charge on any atom is -0.465 e. The van der Waals surface area contributed by atoms with Gasteiger partial charge in [-0.3, -0.25) is 9.59 Å². The summed E-state index contributed by atoms with van der Waals surface area (Å²) in [6.45, 7) is 1.82. The number of fused-ring (bicyclic) bond motifs is 4. The number of ether oxygens (including phenoxy) is 3. The van der Waals surface area contributed by atoms with Gasteiger partial charge in [0.2, 0.25) is 0 Å². The van der Waals surface area contributed by atoms with E-state index >= 15 is 0 Å². The predicted molar refractivity (Wildman–Crippen MR) is 99.7 cm³/mol. The Labute approximate surface area is 161 Å². The van der Waals surface area contributed by atoms with Crippen LogP contribution in [0.2, 0.25) is 0 Å². The Morgan fingerprint density at radius 1 is 0.667 bits per heavy atom. The molecule has 0 spiro atoms. The Morgan fingerprint density at radius 2 is 1.22 bits per heavy atom. The quantitative estimate of drug-likeness (QED) is 0.334. The van der Waals surface area contributed by atoms with Gasteiger partial charge in [-0.05, 0) is 62.2 Å². The van der Waals surface area contributed by atoms with Gasteiger partial charge < -0.3 is 14.2 Å². The normalized spacial score (nSPS) is 35.1. The highest BCUT2D eigenvalue weighted by Crippen LogP contribution is 2.44. The zero-order valence-electron chi connectivity index (χ0n) is 15.9. The molecule has 4 aliphatic rings. The summed E-state index contributed by atoms with van der Waals surface area (Å²) in [7, 11) is 0. The molecule has 2 fully saturated rings. The molecule has 0 aromatic rings. The monoisotopic (exact) mass is 374 g/mol. The number of hydrogen-bond donors (Lipinski definition) is 0. The van der Waals surface area contributed by atoms with Crippen molar-refractivity contribution in [3.05, 3.63) is 24.3 Å². The maximum absolute atomic E-state index is 12.1. The number of unbranched alkanes of at least 4 members (excludes halogenated alkanes) is 1. The second-order valence-corrected chi connectivity index (χ2v) is 8.43. The minimum atomic E-state index is -0.0715. The van der Waals surface area contributed by atoms with Crippen LogP contribution in [-0.2, 0) is 23.8 Å². The van der Waals surface area contributed by atoms with E-state index in [1.807, 2.05) is 0 Å². The molecule has 0 saturated heterocycles. The van der Waals surface area contributed by atoms with E-state index in [0.717, 1.165) is 38.5 Å². The van der Waals surface area contributed by atoms with Gasteiger partial charge in [0.05, 0.1) is 25.0 Å². The van der Waals surface area contributed by atoms with Crippen LogP contribution < -0.4 is 0 Å². The standard InChI is InChI=1S/C22H30O5/c23-21(19-13-15-3-5-17(19)11-15)26-8-2-1-7-25-9-10-27-22(24)20-14-16-4-6-18(20)12-16/h3-6,15-20H,1-2,7-14H2. The highest BCUT2D eigenvalue weighted by Gasteiger charge is 2.41. The number of carbonyl (C=O) groups excluding carboxylic acids is 2. The van der Waals surface area contributed by atoms with Crippen LogP contribution in [0.5, 0.6) is 0 Å². The zero-order chi connectivity index (χ0) is 18.6. The van der Waals surface area contributed by atoms with Crippen molar-refractivity contribution in [1.82, 2.24) is 0 Å². The molecule has 0 amide bonds. The second kappa shape index (κ2) is 8.59. The molecular weight excluding hydrogens is 344 g/mol. The largest absolute Gasteiger partial charge is 0.465 e. The lowest BCUT2D eigenvalue weighted by atomic mass is 9.94. The van der Waals surface area contributed by atoms with Crippen LogP contribution in [0, 0.1) is 35.5 Å². The average molecular weight is 374 g/mol. The third kappa shape index (κ3) is 4.45. The minimum absolute atomic E-state index is 0.0323. The number of allylic oxidation sites excluding steroid dienone is 4. The van der Waals surface area contributed by atoms with Crippen LogP contribution in [0.15, 0.2) is 24.3 Å². The molecule has 0 radical (unpaired) electrons. The maximum atomic E-state index is 12.1. The summed E-state index contributed by atoms with van der Waals surface area (Å²) in [6, 6.07) is 0. The first-order valence-corrected chi connectivity index (χ1v) is 10.5. The summed E-state index contributed by atoms with van der Waals surface area (Å²) < 4.78 is 16.3. The molecule has 5 heteroatoms. The summed E-state index contributed by atoms with van der Waals surface area (Å²) in [5.74, 6) is 2.00. The molecule has 0 aromatic carbocycles. The first-order valence-electron chi connectivity index (χ1n) is 10.5. The van der Waals surface area contributed by atoms with E-state index < -0.39 is 0 Å². The van der Waals surface area contributed by atoms with Crippen molar-refractivity contribution in [2.24, 2.45) is 35.5 Å². The van der Waals surface area contributed by atoms with E-state index in [4.69, 9.17) is 14.2 Å². The van der Waals surface area contributed by atoms with Crippen molar-refractivity contribution in [1.29, 1.82) is 0 Å². The van der Waals surface area contributed by atoms with Gasteiger partial charge in [-0.1, -0.05) is 24.3 Å². The van der Waals surface area contributed by atoms with E-state index in [0.29, 0.717) is 50.1 Å². The van der Waals surface area contributed by atoms with Gasteiger partial charge in [-0.2, -0.15) is 0 Å². The first kappa shape index (κ1) is 18.7. The molecule has 4 aliphatic carbocycles. The third-order valence-corrected chi connectivity index (χ3v) is 6.56. The fourth-order valence-corrected chi connectivity index (χ4v) is 5.10. The van der Waals surface area contributed by atoms with Crippen LogP contribution >= 0.6 is 0 Å². The van der Waals surface area contributed by atoms with E-state index in [1.54, 1.807) is 0 Å². The lowest BCUT2D eigenvalue weighted by Crippen LogP contribution is -2.23. The van der Waals surface area contributed by atoms with Crippen molar-refractivity contribution in [3.8, 4) is 0 Å².